The summed E-state index contributed by atoms with van der Waals surface area (Å²) in [6, 6.07) is 11.7. The van der Waals surface area contributed by atoms with Gasteiger partial charge in [-0.3, -0.25) is 9.89 Å². The number of carbonyl (C=O) groups is 1. The van der Waals surface area contributed by atoms with Crippen molar-refractivity contribution in [3.05, 3.63) is 66.2 Å². The summed E-state index contributed by atoms with van der Waals surface area (Å²) >= 11 is 1.56. The Hall–Kier alpha value is -2.67. The maximum absolute atomic E-state index is 13.4. The van der Waals surface area contributed by atoms with Crippen LogP contribution in [0.3, 0.4) is 0 Å². The number of aromatic amines is 1. The van der Waals surface area contributed by atoms with Crippen LogP contribution in [0.5, 0.6) is 0 Å². The van der Waals surface area contributed by atoms with Crippen molar-refractivity contribution in [3.63, 3.8) is 0 Å². The number of hydrogen-bond donors (Lipinski definition) is 2. The van der Waals surface area contributed by atoms with Gasteiger partial charge in [0.25, 0.3) is 5.91 Å². The molecule has 0 bridgehead atoms. The van der Waals surface area contributed by atoms with E-state index in [0.29, 0.717) is 29.1 Å². The third-order valence-corrected chi connectivity index (χ3v) is 4.22. The average Bonchev–Trinajstić information content (AvgIpc) is 3.09. The molecule has 0 atom stereocenters. The first-order chi connectivity index (χ1) is 11.7. The fraction of sp³-hybridized carbons (Fsp3) is 0.118. The molecule has 0 aliphatic rings. The topological polar surface area (TPSA) is 70.7 Å². The van der Waals surface area contributed by atoms with Crippen LogP contribution in [0.2, 0.25) is 0 Å². The Labute approximate surface area is 142 Å². The number of nitrogens with zero attached hydrogens (tertiary/aromatic N) is 2. The Kier molecular flexibility index (Phi) is 5.22. The van der Waals surface area contributed by atoms with Gasteiger partial charge in [0.05, 0.1) is 22.5 Å². The normalized spacial score (nSPS) is 10.5. The molecule has 0 fully saturated rings. The number of amides is 1. The molecule has 0 saturated carbocycles. The first kappa shape index (κ1) is 16.2. The molecule has 2 aromatic heterocycles. The molecule has 0 radical (unpaired) electrons. The largest absolute Gasteiger partial charge is 0.351 e. The van der Waals surface area contributed by atoms with Gasteiger partial charge in [-0.15, -0.1) is 11.8 Å². The van der Waals surface area contributed by atoms with Gasteiger partial charge in [0.15, 0.2) is 0 Å². The maximum Gasteiger partial charge on any atom is 0.255 e. The number of hydrogen-bond acceptors (Lipinski definition) is 4. The van der Waals surface area contributed by atoms with E-state index < -0.39 is 0 Å². The van der Waals surface area contributed by atoms with Gasteiger partial charge in [-0.2, -0.15) is 5.10 Å². The Morgan fingerprint density at radius 2 is 2.17 bits per heavy atom. The highest BCUT2D eigenvalue weighted by Gasteiger charge is 2.15. The lowest BCUT2D eigenvalue weighted by Crippen LogP contribution is -2.25. The molecule has 3 rings (SSSR count). The van der Waals surface area contributed by atoms with Crippen molar-refractivity contribution in [2.75, 3.05) is 12.3 Å². The second-order valence-electron chi connectivity index (χ2n) is 4.94. The van der Waals surface area contributed by atoms with E-state index in [9.17, 15) is 9.18 Å². The van der Waals surface area contributed by atoms with E-state index in [1.54, 1.807) is 30.1 Å². The van der Waals surface area contributed by atoms with Crippen LogP contribution in [0.25, 0.3) is 11.3 Å². The summed E-state index contributed by atoms with van der Waals surface area (Å²) in [7, 11) is 0. The molecule has 0 unspecified atom stereocenters. The number of aromatic nitrogens is 3. The van der Waals surface area contributed by atoms with Crippen molar-refractivity contribution in [3.8, 4) is 11.3 Å². The van der Waals surface area contributed by atoms with Crippen molar-refractivity contribution >= 4 is 17.7 Å². The molecule has 1 aromatic carbocycles. The first-order valence-electron chi connectivity index (χ1n) is 7.35. The number of H-pyrrole nitrogens is 1. The molecule has 2 heterocycles. The van der Waals surface area contributed by atoms with Crippen molar-refractivity contribution < 1.29 is 9.18 Å². The lowest BCUT2D eigenvalue weighted by Gasteiger charge is -2.06. The summed E-state index contributed by atoms with van der Waals surface area (Å²) in [6.07, 6.45) is 3.18. The molecule has 3 aromatic rings. The summed E-state index contributed by atoms with van der Waals surface area (Å²) in [4.78, 5) is 16.5. The predicted molar refractivity (Wildman–Crippen MR) is 91.3 cm³/mol. The van der Waals surface area contributed by atoms with Gasteiger partial charge in [-0.25, -0.2) is 9.37 Å². The Morgan fingerprint density at radius 1 is 1.25 bits per heavy atom. The van der Waals surface area contributed by atoms with Crippen LogP contribution >= 0.6 is 11.8 Å². The number of rotatable bonds is 6. The second kappa shape index (κ2) is 7.74. The quantitative estimate of drug-likeness (QED) is 0.533. The summed E-state index contributed by atoms with van der Waals surface area (Å²) in [5, 5.41) is 10.4. The van der Waals surface area contributed by atoms with Gasteiger partial charge in [-0.05, 0) is 24.3 Å². The number of carbonyl (C=O) groups excluding carboxylic acids is 1. The zero-order valence-corrected chi connectivity index (χ0v) is 13.5. The van der Waals surface area contributed by atoms with Crippen molar-refractivity contribution in [1.82, 2.24) is 20.5 Å². The van der Waals surface area contributed by atoms with Crippen LogP contribution in [0, 0.1) is 5.82 Å². The monoisotopic (exact) mass is 342 g/mol. The molecule has 0 saturated heterocycles. The summed E-state index contributed by atoms with van der Waals surface area (Å²) < 4.78 is 13.4. The summed E-state index contributed by atoms with van der Waals surface area (Å²) in [5.74, 6) is 0.0976. The number of benzene rings is 1. The fourth-order valence-corrected chi connectivity index (χ4v) is 2.89. The van der Waals surface area contributed by atoms with Gasteiger partial charge >= 0.3 is 0 Å². The second-order valence-corrected chi connectivity index (χ2v) is 6.06. The van der Waals surface area contributed by atoms with Gasteiger partial charge in [0.2, 0.25) is 0 Å². The molecule has 0 spiro atoms. The van der Waals surface area contributed by atoms with E-state index in [-0.39, 0.29) is 11.7 Å². The molecule has 122 valence electrons. The molecule has 24 heavy (non-hydrogen) atoms. The molecule has 7 heteroatoms. The summed E-state index contributed by atoms with van der Waals surface area (Å²) in [6.45, 7) is 0.494. The van der Waals surface area contributed by atoms with Crippen LogP contribution in [-0.2, 0) is 0 Å². The number of thioether (sulfide) groups is 1. The maximum atomic E-state index is 13.4. The molecule has 2 N–H and O–H groups in total. The highest BCUT2D eigenvalue weighted by molar-refractivity contribution is 7.99. The van der Waals surface area contributed by atoms with Crippen molar-refractivity contribution in [2.24, 2.45) is 0 Å². The smallest absolute Gasteiger partial charge is 0.255 e. The van der Waals surface area contributed by atoms with Crippen molar-refractivity contribution in [2.45, 2.75) is 5.03 Å². The van der Waals surface area contributed by atoms with E-state index in [2.05, 4.69) is 20.5 Å². The SMILES string of the molecule is O=C(NCCSc1ccccn1)c1cn[nH]c1-c1cccc(F)c1. The standard InChI is InChI=1S/C17H15FN4OS/c18-13-5-3-4-12(10-13)16-14(11-21-22-16)17(23)20-8-9-24-15-6-1-2-7-19-15/h1-7,10-11H,8-9H2,(H,20,23)(H,21,22). The minimum atomic E-state index is -0.361. The van der Waals surface area contributed by atoms with E-state index in [1.807, 2.05) is 18.2 Å². The Morgan fingerprint density at radius 3 is 2.96 bits per heavy atom. The minimum absolute atomic E-state index is 0.246. The number of nitrogens with one attached hydrogen (secondary N) is 2. The molecule has 1 amide bonds. The lowest BCUT2D eigenvalue weighted by molar-refractivity contribution is 0.0957. The third kappa shape index (κ3) is 3.99. The Bertz CT molecular complexity index is 822. The van der Waals surface area contributed by atoms with Crippen LogP contribution in [-0.4, -0.2) is 33.4 Å². The predicted octanol–water partition coefficient (Wildman–Crippen LogP) is 3.13. The average molecular weight is 342 g/mol. The lowest BCUT2D eigenvalue weighted by atomic mass is 10.1. The van der Waals surface area contributed by atoms with E-state index >= 15 is 0 Å². The van der Waals surface area contributed by atoms with E-state index in [4.69, 9.17) is 0 Å². The van der Waals surface area contributed by atoms with Gasteiger partial charge < -0.3 is 5.32 Å². The minimum Gasteiger partial charge on any atom is -0.351 e. The van der Waals surface area contributed by atoms with Crippen LogP contribution < -0.4 is 5.32 Å². The van der Waals surface area contributed by atoms with Crippen LogP contribution in [0.1, 0.15) is 10.4 Å². The van der Waals surface area contributed by atoms with Crippen molar-refractivity contribution in [1.29, 1.82) is 0 Å². The zero-order chi connectivity index (χ0) is 16.8. The molecule has 0 aliphatic carbocycles. The number of pyridine rings is 1. The fourth-order valence-electron chi connectivity index (χ4n) is 2.17. The van der Waals surface area contributed by atoms with Crippen LogP contribution in [0.15, 0.2) is 59.9 Å². The molecule has 5 nitrogen and oxygen atoms in total. The molecule has 0 aliphatic heterocycles. The molecular formula is C17H15FN4OS. The highest BCUT2D eigenvalue weighted by Crippen LogP contribution is 2.21. The Balaban J connectivity index is 1.59. The highest BCUT2D eigenvalue weighted by atomic mass is 32.2. The van der Waals surface area contributed by atoms with Crippen LogP contribution in [0.4, 0.5) is 4.39 Å². The van der Waals surface area contributed by atoms with Gasteiger partial charge in [0, 0.05) is 24.1 Å². The van der Waals surface area contributed by atoms with E-state index in [0.717, 1.165) is 5.03 Å². The molecular weight excluding hydrogens is 327 g/mol. The van der Waals surface area contributed by atoms with Gasteiger partial charge in [0.1, 0.15) is 5.82 Å². The first-order valence-corrected chi connectivity index (χ1v) is 8.34. The van der Waals surface area contributed by atoms with Gasteiger partial charge in [-0.1, -0.05) is 18.2 Å². The summed E-state index contributed by atoms with van der Waals surface area (Å²) in [5.41, 5.74) is 1.48. The number of halogens is 1. The third-order valence-electron chi connectivity index (χ3n) is 3.27. The zero-order valence-electron chi connectivity index (χ0n) is 12.7. The van der Waals surface area contributed by atoms with E-state index in [1.165, 1.54) is 18.3 Å².